The van der Waals surface area contributed by atoms with Gasteiger partial charge in [-0.2, -0.15) is 18.4 Å². The summed E-state index contributed by atoms with van der Waals surface area (Å²) in [6.45, 7) is 2.06. The molecule has 184 valence electrons. The molecule has 0 spiro atoms. The van der Waals surface area contributed by atoms with Gasteiger partial charge in [0.1, 0.15) is 5.78 Å². The molecule has 2 aliphatic rings. The minimum Gasteiger partial charge on any atom is -0.299 e. The van der Waals surface area contributed by atoms with Crippen LogP contribution in [0.15, 0.2) is 99.6 Å². The van der Waals surface area contributed by atoms with Gasteiger partial charge < -0.3 is 0 Å². The maximum absolute atomic E-state index is 13.1. The smallest absolute Gasteiger partial charge is 0.265 e. The second-order valence-corrected chi connectivity index (χ2v) is 15.2. The molecule has 6 heteroatoms. The van der Waals surface area contributed by atoms with Crippen LogP contribution >= 0.6 is 10.0 Å². The predicted octanol–water partition coefficient (Wildman–Crippen LogP) is 6.40. The van der Waals surface area contributed by atoms with Crippen molar-refractivity contribution in [3.63, 3.8) is 0 Å². The van der Waals surface area contributed by atoms with Gasteiger partial charge in [-0.25, -0.2) is 0 Å². The molecule has 2 bridgehead atoms. The Balaban J connectivity index is 1.58. The van der Waals surface area contributed by atoms with Crippen LogP contribution in [-0.2, 0) is 21.3 Å². The second kappa shape index (κ2) is 8.61. The van der Waals surface area contributed by atoms with Crippen molar-refractivity contribution < 1.29 is 17.8 Å². The van der Waals surface area contributed by atoms with Crippen LogP contribution in [0.2, 0.25) is 0 Å². The van der Waals surface area contributed by atoms with Crippen molar-refractivity contribution in [1.82, 2.24) is 0 Å². The third-order valence-electron chi connectivity index (χ3n) is 8.68. The fourth-order valence-electron chi connectivity index (χ4n) is 6.69. The Morgan fingerprint density at radius 1 is 0.886 bits per heavy atom. The molecule has 2 fully saturated rings. The summed E-state index contributed by atoms with van der Waals surface area (Å²) in [5.74, 6) is -0.334. The molecule has 0 radical (unpaired) electrons. The summed E-state index contributed by atoms with van der Waals surface area (Å²) in [6, 6.07) is 29.7. The Bertz CT molecular complexity index is 1310. The van der Waals surface area contributed by atoms with Gasteiger partial charge in [-0.1, -0.05) is 55.5 Å². The molecule has 2 aliphatic carbocycles. The highest BCUT2D eigenvalue weighted by Crippen LogP contribution is 2.67. The Labute approximate surface area is 209 Å². The van der Waals surface area contributed by atoms with Gasteiger partial charge in [0.15, 0.2) is 0 Å². The first-order valence-electron chi connectivity index (χ1n) is 12.0. The number of fused-ring (bicyclic) bond motifs is 2. The number of rotatable bonds is 7. The minimum absolute atomic E-state index is 0.00550. The zero-order valence-electron chi connectivity index (χ0n) is 20.2. The van der Waals surface area contributed by atoms with E-state index in [4.69, 9.17) is 0 Å². The van der Waals surface area contributed by atoms with Crippen LogP contribution in [0.3, 0.4) is 0 Å². The zero-order valence-corrected chi connectivity index (χ0v) is 21.8. The summed E-state index contributed by atoms with van der Waals surface area (Å²) >= 11 is 0. The van der Waals surface area contributed by atoms with E-state index >= 15 is 0 Å². The Kier molecular flexibility index (Phi) is 5.98. The minimum atomic E-state index is -4.27. The van der Waals surface area contributed by atoms with Gasteiger partial charge in [0.05, 0.1) is 11.2 Å². The van der Waals surface area contributed by atoms with Crippen LogP contribution in [0.1, 0.15) is 31.7 Å². The first-order chi connectivity index (χ1) is 16.6. The molecule has 0 aliphatic heterocycles. The highest BCUT2D eigenvalue weighted by Gasteiger charge is 2.67. The van der Waals surface area contributed by atoms with Gasteiger partial charge in [0, 0.05) is 6.42 Å². The standard InChI is InChI=1S/C29H32O4S2/c1-28(23-16-17-29(28,27(30)19-23)21-35(31,32)33)20-22-10-9-15-26(18-22)34(2,24-11-5-3-6-12-24)25-13-7-4-8-14-25/h3-15,18,23H,16-17,19-21H2,1-2H3,(H,31,32,33). The number of ketones is 1. The number of benzene rings is 3. The van der Waals surface area contributed by atoms with Gasteiger partial charge in [0.25, 0.3) is 10.1 Å². The lowest BCUT2D eigenvalue weighted by molar-refractivity contribution is -0.128. The molecule has 0 heterocycles. The molecular weight excluding hydrogens is 476 g/mol. The third kappa shape index (κ3) is 3.96. The first kappa shape index (κ1) is 24.3. The van der Waals surface area contributed by atoms with E-state index in [2.05, 4.69) is 86.0 Å². The van der Waals surface area contributed by atoms with Gasteiger partial charge in [-0.05, 0) is 93.5 Å². The third-order valence-corrected chi connectivity index (χ3v) is 13.2. The molecular formula is C29H32O4S2. The Hall–Kier alpha value is -2.41. The average molecular weight is 509 g/mol. The van der Waals surface area contributed by atoms with Crippen LogP contribution in [0.4, 0.5) is 0 Å². The molecule has 3 aromatic carbocycles. The molecule has 4 nitrogen and oxygen atoms in total. The molecule has 0 aromatic heterocycles. The van der Waals surface area contributed by atoms with Crippen molar-refractivity contribution in [1.29, 1.82) is 0 Å². The quantitative estimate of drug-likeness (QED) is 0.375. The van der Waals surface area contributed by atoms with E-state index in [1.54, 1.807) is 0 Å². The van der Waals surface area contributed by atoms with Gasteiger partial charge >= 0.3 is 0 Å². The fraction of sp³-hybridized carbons (Fsp3) is 0.345. The van der Waals surface area contributed by atoms with E-state index in [0.717, 1.165) is 12.0 Å². The van der Waals surface area contributed by atoms with Crippen LogP contribution in [-0.4, -0.2) is 30.8 Å². The number of Topliss-reactive ketones (excluding diaryl/α,β-unsaturated/α-hetero) is 1. The maximum Gasteiger partial charge on any atom is 0.265 e. The zero-order chi connectivity index (χ0) is 24.9. The van der Waals surface area contributed by atoms with E-state index in [1.807, 2.05) is 12.1 Å². The second-order valence-electron chi connectivity index (χ2n) is 10.5. The van der Waals surface area contributed by atoms with Crippen molar-refractivity contribution >= 4 is 25.9 Å². The van der Waals surface area contributed by atoms with Gasteiger partial charge in [-0.15, -0.1) is 0 Å². The molecule has 3 unspecified atom stereocenters. The lowest BCUT2D eigenvalue weighted by Gasteiger charge is -2.40. The molecule has 0 saturated heterocycles. The van der Waals surface area contributed by atoms with E-state index in [-0.39, 0.29) is 11.7 Å². The molecule has 5 rings (SSSR count). The number of hydrogen-bond donors (Lipinski definition) is 1. The number of carbonyl (C=O) groups is 1. The first-order valence-corrected chi connectivity index (χ1v) is 15.7. The highest BCUT2D eigenvalue weighted by molar-refractivity contribution is 8.33. The molecule has 3 aromatic rings. The van der Waals surface area contributed by atoms with E-state index in [0.29, 0.717) is 19.3 Å². The van der Waals surface area contributed by atoms with Crippen LogP contribution in [0.25, 0.3) is 0 Å². The van der Waals surface area contributed by atoms with Crippen molar-refractivity contribution in [2.45, 2.75) is 47.3 Å². The summed E-state index contributed by atoms with van der Waals surface area (Å²) in [5, 5.41) is 0. The topological polar surface area (TPSA) is 71.4 Å². The van der Waals surface area contributed by atoms with Crippen molar-refractivity contribution in [2.75, 3.05) is 12.0 Å². The summed E-state index contributed by atoms with van der Waals surface area (Å²) < 4.78 is 33.7. The van der Waals surface area contributed by atoms with Crippen LogP contribution < -0.4 is 0 Å². The lowest BCUT2D eigenvalue weighted by Crippen LogP contribution is -2.44. The van der Waals surface area contributed by atoms with Crippen LogP contribution in [0, 0.1) is 16.7 Å². The summed E-state index contributed by atoms with van der Waals surface area (Å²) in [4.78, 5) is 16.8. The summed E-state index contributed by atoms with van der Waals surface area (Å²) in [5.41, 5.74) is -0.392. The summed E-state index contributed by atoms with van der Waals surface area (Å²) in [6.07, 6.45) is 4.70. The Morgan fingerprint density at radius 3 is 2.00 bits per heavy atom. The lowest BCUT2D eigenvalue weighted by atomic mass is 9.65. The largest absolute Gasteiger partial charge is 0.299 e. The molecule has 2 saturated carbocycles. The average Bonchev–Trinajstić information content (AvgIpc) is 3.20. The van der Waals surface area contributed by atoms with Crippen molar-refractivity contribution in [3.8, 4) is 0 Å². The van der Waals surface area contributed by atoms with Gasteiger partial charge in [0.2, 0.25) is 0 Å². The SMILES string of the molecule is CC1(Cc2cccc(S(C)(c3ccccc3)c3ccccc3)c2)C2CCC1(CS(=O)(=O)O)C(=O)C2. The van der Waals surface area contributed by atoms with E-state index in [9.17, 15) is 17.8 Å². The highest BCUT2D eigenvalue weighted by atomic mass is 32.3. The molecule has 35 heavy (non-hydrogen) atoms. The van der Waals surface area contributed by atoms with E-state index in [1.165, 1.54) is 14.7 Å². The fourth-order valence-corrected chi connectivity index (χ4v) is 10.9. The van der Waals surface area contributed by atoms with Crippen molar-refractivity contribution in [3.05, 3.63) is 90.5 Å². The summed E-state index contributed by atoms with van der Waals surface area (Å²) in [7, 11) is -5.79. The number of hydrogen-bond acceptors (Lipinski definition) is 3. The normalized spacial score (nSPS) is 26.7. The molecule has 0 amide bonds. The van der Waals surface area contributed by atoms with Gasteiger partial charge in [-0.3, -0.25) is 9.35 Å². The molecule has 1 N–H and O–H groups in total. The van der Waals surface area contributed by atoms with Crippen molar-refractivity contribution in [2.24, 2.45) is 16.7 Å². The monoisotopic (exact) mass is 508 g/mol. The maximum atomic E-state index is 13.1. The predicted molar refractivity (Wildman–Crippen MR) is 141 cm³/mol. The Morgan fingerprint density at radius 2 is 1.46 bits per heavy atom. The van der Waals surface area contributed by atoms with E-state index < -0.39 is 36.7 Å². The molecule has 3 atom stereocenters. The number of carbonyl (C=O) groups excluding carboxylic acids is 1. The van der Waals surface area contributed by atoms with Crippen LogP contribution in [0.5, 0.6) is 0 Å².